The predicted molar refractivity (Wildman–Crippen MR) is 99.9 cm³/mol. The standard InChI is InChI=1S/C21H14F2N2O2/c22-14-5-6-17(23)15(11-14)16-10-13-3-2-12-4-7-18(26)24-8-1-9-25(21(16)27)20(13)19(12)24/h2-7,10-11H,1,8-9H2. The molecule has 0 bridgehead atoms. The first-order valence-corrected chi connectivity index (χ1v) is 8.70. The minimum Gasteiger partial charge on any atom is -0.306 e. The van der Waals surface area contributed by atoms with Crippen LogP contribution >= 0.6 is 0 Å². The van der Waals surface area contributed by atoms with Gasteiger partial charge in [0.25, 0.3) is 11.1 Å². The molecule has 0 atom stereocenters. The monoisotopic (exact) mass is 364 g/mol. The van der Waals surface area contributed by atoms with Crippen molar-refractivity contribution in [2.24, 2.45) is 0 Å². The highest BCUT2D eigenvalue weighted by molar-refractivity contribution is 6.04. The molecule has 0 saturated heterocycles. The van der Waals surface area contributed by atoms with Gasteiger partial charge in [-0.15, -0.1) is 0 Å². The lowest BCUT2D eigenvalue weighted by Crippen LogP contribution is -2.22. The molecule has 6 heteroatoms. The van der Waals surface area contributed by atoms with Crippen LogP contribution < -0.4 is 11.1 Å². The van der Waals surface area contributed by atoms with Crippen LogP contribution in [0.25, 0.3) is 32.9 Å². The molecule has 5 rings (SSSR count). The van der Waals surface area contributed by atoms with E-state index in [9.17, 15) is 18.4 Å². The average molecular weight is 364 g/mol. The zero-order valence-electron chi connectivity index (χ0n) is 14.2. The average Bonchev–Trinajstić information content (AvgIpc) is 2.87. The van der Waals surface area contributed by atoms with Gasteiger partial charge in [-0.1, -0.05) is 12.1 Å². The third-order valence-electron chi connectivity index (χ3n) is 5.18. The molecule has 0 amide bonds. The van der Waals surface area contributed by atoms with E-state index < -0.39 is 11.6 Å². The van der Waals surface area contributed by atoms with Crippen LogP contribution in [0.15, 0.2) is 58.1 Å². The highest BCUT2D eigenvalue weighted by atomic mass is 19.1. The van der Waals surface area contributed by atoms with Gasteiger partial charge in [0.05, 0.1) is 16.6 Å². The number of pyridine rings is 2. The van der Waals surface area contributed by atoms with Crippen molar-refractivity contribution >= 4 is 21.8 Å². The van der Waals surface area contributed by atoms with E-state index in [-0.39, 0.29) is 22.2 Å². The summed E-state index contributed by atoms with van der Waals surface area (Å²) in [5, 5.41) is 1.57. The number of hydrogen-bond acceptors (Lipinski definition) is 2. The molecule has 3 heterocycles. The Balaban J connectivity index is 1.97. The van der Waals surface area contributed by atoms with Crippen LogP contribution in [0.4, 0.5) is 8.78 Å². The third kappa shape index (κ3) is 2.26. The summed E-state index contributed by atoms with van der Waals surface area (Å²) in [7, 11) is 0. The zero-order chi connectivity index (χ0) is 18.7. The fourth-order valence-electron chi connectivity index (χ4n) is 3.97. The molecule has 4 aromatic rings. The second-order valence-electron chi connectivity index (χ2n) is 6.76. The summed E-state index contributed by atoms with van der Waals surface area (Å²) < 4.78 is 31.3. The summed E-state index contributed by atoms with van der Waals surface area (Å²) in [6, 6.07) is 11.7. The number of benzene rings is 2. The number of aryl methyl sites for hydroxylation is 2. The van der Waals surface area contributed by atoms with Gasteiger partial charge in [-0.25, -0.2) is 8.78 Å². The van der Waals surface area contributed by atoms with Crippen LogP contribution in [-0.2, 0) is 13.1 Å². The van der Waals surface area contributed by atoms with E-state index >= 15 is 0 Å². The topological polar surface area (TPSA) is 44.0 Å². The molecule has 0 aliphatic carbocycles. The summed E-state index contributed by atoms with van der Waals surface area (Å²) in [6.45, 7) is 0.903. The normalized spacial score (nSPS) is 13.4. The molecular formula is C21H14F2N2O2. The first-order chi connectivity index (χ1) is 13.0. The molecule has 27 heavy (non-hydrogen) atoms. The minimum atomic E-state index is -0.646. The maximum absolute atomic E-state index is 14.3. The zero-order valence-corrected chi connectivity index (χ0v) is 14.2. The number of aromatic nitrogens is 2. The molecule has 0 unspecified atom stereocenters. The lowest BCUT2D eigenvalue weighted by molar-refractivity contribution is 0.579. The van der Waals surface area contributed by atoms with Crippen molar-refractivity contribution in [3.63, 3.8) is 0 Å². The van der Waals surface area contributed by atoms with E-state index in [1.54, 1.807) is 21.3 Å². The van der Waals surface area contributed by atoms with Gasteiger partial charge in [0.2, 0.25) is 0 Å². The summed E-state index contributed by atoms with van der Waals surface area (Å²) in [4.78, 5) is 25.5. The molecule has 0 spiro atoms. The van der Waals surface area contributed by atoms with Gasteiger partial charge in [0.15, 0.2) is 0 Å². The van der Waals surface area contributed by atoms with Gasteiger partial charge in [-0.05, 0) is 36.8 Å². The second kappa shape index (κ2) is 5.61. The van der Waals surface area contributed by atoms with Crippen molar-refractivity contribution in [2.75, 3.05) is 0 Å². The Labute approximate surface area is 151 Å². The largest absolute Gasteiger partial charge is 0.306 e. The fourth-order valence-corrected chi connectivity index (χ4v) is 3.97. The van der Waals surface area contributed by atoms with Gasteiger partial charge in [0, 0.05) is 35.5 Å². The van der Waals surface area contributed by atoms with Crippen LogP contribution in [0.1, 0.15) is 6.42 Å². The van der Waals surface area contributed by atoms with Gasteiger partial charge >= 0.3 is 0 Å². The molecule has 0 saturated carbocycles. The van der Waals surface area contributed by atoms with E-state index in [2.05, 4.69) is 0 Å². The molecule has 4 nitrogen and oxygen atoms in total. The molecule has 1 aliphatic rings. The van der Waals surface area contributed by atoms with Gasteiger partial charge in [0.1, 0.15) is 11.6 Å². The van der Waals surface area contributed by atoms with Crippen molar-refractivity contribution in [2.45, 2.75) is 19.5 Å². The fraction of sp³-hybridized carbons (Fsp3) is 0.143. The maximum atomic E-state index is 14.3. The Hall–Kier alpha value is -3.28. The first kappa shape index (κ1) is 15.9. The Bertz CT molecular complexity index is 1370. The van der Waals surface area contributed by atoms with Crippen molar-refractivity contribution < 1.29 is 8.78 Å². The van der Waals surface area contributed by atoms with Gasteiger partial charge in [-0.2, -0.15) is 0 Å². The Morgan fingerprint density at radius 3 is 2.30 bits per heavy atom. The first-order valence-electron chi connectivity index (χ1n) is 8.70. The minimum absolute atomic E-state index is 0.0551. The number of hydrogen-bond donors (Lipinski definition) is 0. The Kier molecular flexibility index (Phi) is 3.31. The highest BCUT2D eigenvalue weighted by Gasteiger charge is 2.20. The molecule has 2 aromatic heterocycles. The van der Waals surface area contributed by atoms with Crippen LogP contribution in [-0.4, -0.2) is 9.13 Å². The van der Waals surface area contributed by atoms with Gasteiger partial charge < -0.3 is 9.13 Å². The van der Waals surface area contributed by atoms with Crippen molar-refractivity contribution in [3.05, 3.63) is 80.9 Å². The van der Waals surface area contributed by atoms with E-state index in [1.165, 1.54) is 6.07 Å². The SMILES string of the molecule is O=c1ccc2ccc3cc(-c4cc(F)ccc4F)c(=O)n4c3c2n1CCC4. The molecule has 0 radical (unpaired) electrons. The molecular weight excluding hydrogens is 350 g/mol. The van der Waals surface area contributed by atoms with Crippen molar-refractivity contribution in [3.8, 4) is 11.1 Å². The molecule has 0 fully saturated rings. The smallest absolute Gasteiger partial charge is 0.259 e. The number of rotatable bonds is 1. The molecule has 1 aliphatic heterocycles. The third-order valence-corrected chi connectivity index (χ3v) is 5.18. The van der Waals surface area contributed by atoms with E-state index in [4.69, 9.17) is 0 Å². The summed E-state index contributed by atoms with van der Waals surface area (Å²) in [5.74, 6) is -1.25. The molecule has 0 N–H and O–H groups in total. The van der Waals surface area contributed by atoms with Crippen LogP contribution in [0.5, 0.6) is 0 Å². The number of nitrogens with zero attached hydrogens (tertiary/aromatic N) is 2. The van der Waals surface area contributed by atoms with Crippen LogP contribution in [0, 0.1) is 11.6 Å². The van der Waals surface area contributed by atoms with Crippen molar-refractivity contribution in [1.29, 1.82) is 0 Å². The molecule has 134 valence electrons. The Morgan fingerprint density at radius 2 is 1.44 bits per heavy atom. The predicted octanol–water partition coefficient (Wildman–Crippen LogP) is 3.67. The quantitative estimate of drug-likeness (QED) is 0.484. The number of halogens is 2. The van der Waals surface area contributed by atoms with Crippen molar-refractivity contribution in [1.82, 2.24) is 9.13 Å². The Morgan fingerprint density at radius 1 is 0.741 bits per heavy atom. The summed E-state index contributed by atoms with van der Waals surface area (Å²) >= 11 is 0. The molecule has 2 aromatic carbocycles. The lowest BCUT2D eigenvalue weighted by Gasteiger charge is -2.14. The highest BCUT2D eigenvalue weighted by Crippen LogP contribution is 2.30. The van der Waals surface area contributed by atoms with Crippen LogP contribution in [0.2, 0.25) is 0 Å². The lowest BCUT2D eigenvalue weighted by atomic mass is 10.0. The maximum Gasteiger partial charge on any atom is 0.259 e. The van der Waals surface area contributed by atoms with E-state index in [1.807, 2.05) is 12.1 Å². The van der Waals surface area contributed by atoms with E-state index in [0.29, 0.717) is 35.9 Å². The van der Waals surface area contributed by atoms with Crippen LogP contribution in [0.3, 0.4) is 0 Å². The second-order valence-corrected chi connectivity index (χ2v) is 6.76. The van der Waals surface area contributed by atoms with Gasteiger partial charge in [-0.3, -0.25) is 9.59 Å². The van der Waals surface area contributed by atoms with E-state index in [0.717, 1.165) is 23.6 Å². The summed E-state index contributed by atoms with van der Waals surface area (Å²) in [5.41, 5.74) is 0.931. The summed E-state index contributed by atoms with van der Waals surface area (Å²) in [6.07, 6.45) is 0.595.